The topological polar surface area (TPSA) is 109 Å². The molecule has 9 nitrogen and oxygen atoms in total. The zero-order valence-electron chi connectivity index (χ0n) is 24.2. The molecule has 226 valence electrons. The number of hydrogen-bond acceptors (Lipinski definition) is 8. The van der Waals surface area contributed by atoms with Crippen molar-refractivity contribution in [1.82, 2.24) is 9.80 Å². The van der Waals surface area contributed by atoms with Crippen molar-refractivity contribution in [3.63, 3.8) is 0 Å². The number of likely N-dealkylation sites (tertiary alicyclic amines) is 1. The van der Waals surface area contributed by atoms with Crippen LogP contribution in [-0.2, 0) is 20.9 Å². The van der Waals surface area contributed by atoms with Gasteiger partial charge < -0.3 is 29.3 Å². The number of aliphatic hydroxyl groups is 1. The first kappa shape index (κ1) is 30.6. The minimum absolute atomic E-state index is 0.0237. The summed E-state index contributed by atoms with van der Waals surface area (Å²) in [5, 5.41) is 21.9. The Labute approximate surface area is 259 Å². The standard InChI is InChI=1S/C33H35BrN2O7/c1-21-5-3-6-22(17-21)20-43-25-9-7-23(8-10-25)30(37)28-29(24-18-26(34)31(38)27(19-24)41-2)36(33(40)32(28)39)12-4-11-35-13-15-42-16-14-35/h3,5-10,17-19,29,37-38H,4,11-16,20H2,1-2H3. The summed E-state index contributed by atoms with van der Waals surface area (Å²) in [7, 11) is 1.42. The van der Waals surface area contributed by atoms with Gasteiger partial charge in [-0.15, -0.1) is 0 Å². The normalized spacial score (nSPS) is 18.7. The van der Waals surface area contributed by atoms with E-state index in [9.17, 15) is 19.8 Å². The summed E-state index contributed by atoms with van der Waals surface area (Å²) in [5.74, 6) is -1.06. The van der Waals surface area contributed by atoms with Gasteiger partial charge in [-0.1, -0.05) is 29.8 Å². The predicted octanol–water partition coefficient (Wildman–Crippen LogP) is 5.19. The maximum atomic E-state index is 13.5. The highest BCUT2D eigenvalue weighted by atomic mass is 79.9. The van der Waals surface area contributed by atoms with Gasteiger partial charge in [0.15, 0.2) is 11.5 Å². The highest BCUT2D eigenvalue weighted by Crippen LogP contribution is 2.44. The number of aliphatic hydroxyl groups excluding tert-OH is 1. The molecule has 43 heavy (non-hydrogen) atoms. The van der Waals surface area contributed by atoms with Crippen LogP contribution in [0.15, 0.2) is 70.7 Å². The molecule has 1 unspecified atom stereocenters. The monoisotopic (exact) mass is 650 g/mol. The third-order valence-corrected chi connectivity index (χ3v) is 8.32. The van der Waals surface area contributed by atoms with E-state index in [1.165, 1.54) is 12.0 Å². The van der Waals surface area contributed by atoms with Gasteiger partial charge in [-0.3, -0.25) is 14.5 Å². The first-order chi connectivity index (χ1) is 20.8. The van der Waals surface area contributed by atoms with Crippen LogP contribution in [0.2, 0.25) is 0 Å². The van der Waals surface area contributed by atoms with E-state index < -0.39 is 17.7 Å². The molecule has 10 heteroatoms. The van der Waals surface area contributed by atoms with E-state index in [4.69, 9.17) is 14.2 Å². The average Bonchev–Trinajstić information content (AvgIpc) is 3.27. The molecular weight excluding hydrogens is 616 g/mol. The van der Waals surface area contributed by atoms with Gasteiger partial charge in [-0.25, -0.2) is 0 Å². The van der Waals surface area contributed by atoms with E-state index in [-0.39, 0.29) is 22.8 Å². The Morgan fingerprint density at radius 2 is 1.79 bits per heavy atom. The summed E-state index contributed by atoms with van der Waals surface area (Å²) in [6, 6.07) is 17.2. The second kappa shape index (κ2) is 13.6. The van der Waals surface area contributed by atoms with Gasteiger partial charge in [0.1, 0.15) is 18.1 Å². The average molecular weight is 652 g/mol. The summed E-state index contributed by atoms with van der Waals surface area (Å²) in [4.78, 5) is 30.6. The Balaban J connectivity index is 1.44. The van der Waals surface area contributed by atoms with Gasteiger partial charge in [0, 0.05) is 31.7 Å². The summed E-state index contributed by atoms with van der Waals surface area (Å²) < 4.78 is 17.0. The van der Waals surface area contributed by atoms with Crippen LogP contribution in [-0.4, -0.2) is 78.2 Å². The van der Waals surface area contributed by atoms with Gasteiger partial charge in [0.2, 0.25) is 0 Å². The quantitative estimate of drug-likeness (QED) is 0.175. The molecule has 0 aliphatic carbocycles. The number of morpholine rings is 1. The first-order valence-electron chi connectivity index (χ1n) is 14.2. The molecule has 2 aliphatic heterocycles. The minimum Gasteiger partial charge on any atom is -0.507 e. The van der Waals surface area contributed by atoms with Crippen molar-refractivity contribution in [3.8, 4) is 17.2 Å². The molecule has 5 rings (SSSR count). The summed E-state index contributed by atoms with van der Waals surface area (Å²) >= 11 is 3.36. The molecule has 0 spiro atoms. The first-order valence-corrected chi connectivity index (χ1v) is 15.0. The van der Waals surface area contributed by atoms with E-state index in [0.717, 1.165) is 30.8 Å². The second-order valence-corrected chi connectivity index (χ2v) is 11.5. The molecule has 0 saturated carbocycles. The maximum Gasteiger partial charge on any atom is 0.295 e. The molecule has 0 radical (unpaired) electrons. The number of Topliss-reactive ketones (excluding diaryl/α,β-unsaturated/α-hetero) is 1. The Morgan fingerprint density at radius 3 is 2.49 bits per heavy atom. The number of benzene rings is 3. The molecule has 3 aromatic rings. The van der Waals surface area contributed by atoms with E-state index in [2.05, 4.69) is 26.9 Å². The Kier molecular flexibility index (Phi) is 9.69. The molecule has 2 N–H and O–H groups in total. The number of aromatic hydroxyl groups is 1. The molecule has 0 aromatic heterocycles. The number of nitrogens with zero attached hydrogens (tertiary/aromatic N) is 2. The van der Waals surface area contributed by atoms with E-state index in [0.29, 0.717) is 54.1 Å². The number of phenolic OH excluding ortho intramolecular Hbond substituents is 1. The molecule has 1 atom stereocenters. The number of ether oxygens (including phenoxy) is 3. The predicted molar refractivity (Wildman–Crippen MR) is 165 cm³/mol. The van der Waals surface area contributed by atoms with Gasteiger partial charge in [0.05, 0.1) is 36.4 Å². The Morgan fingerprint density at radius 1 is 1.05 bits per heavy atom. The fourth-order valence-corrected chi connectivity index (χ4v) is 5.95. The van der Waals surface area contributed by atoms with Crippen molar-refractivity contribution in [2.45, 2.75) is 26.0 Å². The van der Waals surface area contributed by atoms with Crippen molar-refractivity contribution >= 4 is 33.4 Å². The molecule has 0 bridgehead atoms. The largest absolute Gasteiger partial charge is 0.507 e. The zero-order chi connectivity index (χ0) is 30.5. The van der Waals surface area contributed by atoms with Crippen molar-refractivity contribution in [2.24, 2.45) is 0 Å². The number of methoxy groups -OCH3 is 1. The van der Waals surface area contributed by atoms with Crippen LogP contribution in [0.4, 0.5) is 0 Å². The van der Waals surface area contributed by atoms with Crippen LogP contribution in [0.1, 0.15) is 34.7 Å². The van der Waals surface area contributed by atoms with E-state index in [1.807, 2.05) is 25.1 Å². The number of ketones is 1. The van der Waals surface area contributed by atoms with E-state index in [1.54, 1.807) is 36.4 Å². The maximum absolute atomic E-state index is 13.5. The molecule has 2 fully saturated rings. The molecule has 2 saturated heterocycles. The lowest BCUT2D eigenvalue weighted by atomic mass is 9.95. The summed E-state index contributed by atoms with van der Waals surface area (Å²) in [6.07, 6.45) is 0.632. The van der Waals surface area contributed by atoms with Gasteiger partial charge in [0.25, 0.3) is 11.7 Å². The highest BCUT2D eigenvalue weighted by Gasteiger charge is 2.46. The van der Waals surface area contributed by atoms with Crippen LogP contribution < -0.4 is 9.47 Å². The molecular formula is C33H35BrN2O7. The smallest absolute Gasteiger partial charge is 0.295 e. The number of carbonyl (C=O) groups excluding carboxylic acids is 2. The van der Waals surface area contributed by atoms with Crippen LogP contribution in [0.3, 0.4) is 0 Å². The van der Waals surface area contributed by atoms with Crippen LogP contribution in [0.5, 0.6) is 17.2 Å². The van der Waals surface area contributed by atoms with Gasteiger partial charge >= 0.3 is 0 Å². The summed E-state index contributed by atoms with van der Waals surface area (Å²) in [5.41, 5.74) is 3.06. The third-order valence-electron chi connectivity index (χ3n) is 7.72. The zero-order valence-corrected chi connectivity index (χ0v) is 25.8. The Bertz CT molecular complexity index is 1520. The molecule has 1 amide bonds. The number of aryl methyl sites for hydroxylation is 1. The SMILES string of the molecule is COc1cc(C2C(=C(O)c3ccc(OCc4cccc(C)c4)cc3)C(=O)C(=O)N2CCCN2CCOCC2)cc(Br)c1O. The van der Waals surface area contributed by atoms with Crippen molar-refractivity contribution in [2.75, 3.05) is 46.5 Å². The number of phenols is 1. The number of carbonyl (C=O) groups is 2. The fraction of sp³-hybridized carbons (Fsp3) is 0.333. The van der Waals surface area contributed by atoms with Gasteiger partial charge in [-0.2, -0.15) is 0 Å². The Hall–Kier alpha value is -3.86. The number of amides is 1. The van der Waals surface area contributed by atoms with Crippen molar-refractivity contribution in [3.05, 3.63) is 93.0 Å². The lowest BCUT2D eigenvalue weighted by Gasteiger charge is -2.29. The second-order valence-electron chi connectivity index (χ2n) is 10.7. The molecule has 2 aliphatic rings. The number of hydrogen-bond donors (Lipinski definition) is 2. The van der Waals surface area contributed by atoms with Crippen LogP contribution in [0.25, 0.3) is 5.76 Å². The van der Waals surface area contributed by atoms with Crippen molar-refractivity contribution < 1.29 is 34.0 Å². The lowest BCUT2D eigenvalue weighted by Crippen LogP contribution is -2.39. The van der Waals surface area contributed by atoms with Crippen LogP contribution >= 0.6 is 15.9 Å². The fourth-order valence-electron chi connectivity index (χ4n) is 5.49. The molecule has 3 aromatic carbocycles. The summed E-state index contributed by atoms with van der Waals surface area (Å²) in [6.45, 7) is 6.42. The third kappa shape index (κ3) is 6.87. The van der Waals surface area contributed by atoms with Crippen LogP contribution in [0, 0.1) is 6.92 Å². The van der Waals surface area contributed by atoms with Crippen molar-refractivity contribution in [1.29, 1.82) is 0 Å². The minimum atomic E-state index is -0.882. The number of rotatable bonds is 10. The van der Waals surface area contributed by atoms with E-state index >= 15 is 0 Å². The van der Waals surface area contributed by atoms with Gasteiger partial charge in [-0.05, 0) is 76.8 Å². The lowest BCUT2D eigenvalue weighted by molar-refractivity contribution is -0.140. The molecule has 2 heterocycles. The number of halogens is 1. The highest BCUT2D eigenvalue weighted by molar-refractivity contribution is 9.10.